The number of H-pyrrole nitrogens is 1. The highest BCUT2D eigenvalue weighted by atomic mass is 16.5. The maximum Gasteiger partial charge on any atom is 0.328 e. The summed E-state index contributed by atoms with van der Waals surface area (Å²) in [6.07, 6.45) is 4.14. The molecule has 6 aromatic rings. The van der Waals surface area contributed by atoms with Crippen LogP contribution in [0.1, 0.15) is 86.3 Å². The van der Waals surface area contributed by atoms with Crippen LogP contribution in [0.5, 0.6) is 0 Å². The number of urea groups is 1. The van der Waals surface area contributed by atoms with Crippen molar-refractivity contribution in [2.24, 2.45) is 5.92 Å². The normalized spacial score (nSPS) is 17.2. The summed E-state index contributed by atoms with van der Waals surface area (Å²) >= 11 is 0. The number of nitrogens with one attached hydrogen (secondary N) is 3. The second kappa shape index (κ2) is 15.6. The van der Waals surface area contributed by atoms with Crippen LogP contribution in [-0.4, -0.2) is 90.3 Å². The number of amides is 4. The Bertz CT molecular complexity index is 2580. The zero-order valence-electron chi connectivity index (χ0n) is 34.7. The third-order valence-electron chi connectivity index (χ3n) is 11.9. The van der Waals surface area contributed by atoms with Gasteiger partial charge in [-0.05, 0) is 86.2 Å². The van der Waals surface area contributed by atoms with Crippen molar-refractivity contribution < 1.29 is 18.9 Å². The molecule has 9 rings (SSSR count). The third kappa shape index (κ3) is 7.86. The maximum absolute atomic E-state index is 12.9. The lowest BCUT2D eigenvalue weighted by Gasteiger charge is -2.37. The molecular formula is C44H50N12O4. The van der Waals surface area contributed by atoms with E-state index in [2.05, 4.69) is 75.6 Å². The van der Waals surface area contributed by atoms with Crippen LogP contribution in [0.25, 0.3) is 33.7 Å². The van der Waals surface area contributed by atoms with Gasteiger partial charge in [-0.15, -0.1) is 0 Å². The number of aryl methyl sites for hydroxylation is 1. The van der Waals surface area contributed by atoms with Gasteiger partial charge in [-0.1, -0.05) is 38.1 Å². The summed E-state index contributed by atoms with van der Waals surface area (Å²) in [5, 5.41) is 15.3. The average molecular weight is 811 g/mol. The Morgan fingerprint density at radius 3 is 2.48 bits per heavy atom. The van der Waals surface area contributed by atoms with Gasteiger partial charge in [-0.2, -0.15) is 10.1 Å². The summed E-state index contributed by atoms with van der Waals surface area (Å²) in [6.45, 7) is 16.0. The third-order valence-corrected chi connectivity index (χ3v) is 11.9. The van der Waals surface area contributed by atoms with E-state index >= 15 is 0 Å². The second-order valence-electron chi connectivity index (χ2n) is 17.3. The van der Waals surface area contributed by atoms with Gasteiger partial charge in [0.1, 0.15) is 17.7 Å². The number of aromatic nitrogens is 7. The molecule has 0 unspecified atom stereocenters. The van der Waals surface area contributed by atoms with Gasteiger partial charge >= 0.3 is 17.8 Å². The Kier molecular flexibility index (Phi) is 10.2. The SMILES string of the molecule is Cc1cc(-c2ncnc3[nH]c(-c4cc5n(n4)CCN(CC4CCN(c6ccc(N7CCC(=O)NC7=O)cc6)CC4)C5)cc23)ccc1[C@@H](C)NC(=O)c1nc(C(C)(C)C)no1. The molecule has 60 heavy (non-hydrogen) atoms. The fourth-order valence-electron chi connectivity index (χ4n) is 8.57. The van der Waals surface area contributed by atoms with Gasteiger partial charge < -0.3 is 19.7 Å². The zero-order valence-corrected chi connectivity index (χ0v) is 34.7. The first-order valence-corrected chi connectivity index (χ1v) is 20.7. The molecule has 3 aliphatic heterocycles. The first-order chi connectivity index (χ1) is 28.9. The summed E-state index contributed by atoms with van der Waals surface area (Å²) in [4.78, 5) is 60.4. The van der Waals surface area contributed by atoms with E-state index < -0.39 is 5.91 Å². The van der Waals surface area contributed by atoms with Gasteiger partial charge in [0.15, 0.2) is 5.82 Å². The van der Waals surface area contributed by atoms with Crippen molar-refractivity contribution in [2.75, 3.05) is 42.5 Å². The highest BCUT2D eigenvalue weighted by Gasteiger charge is 2.28. The minimum atomic E-state index is -0.412. The molecule has 310 valence electrons. The van der Waals surface area contributed by atoms with E-state index in [-0.39, 0.29) is 29.3 Å². The molecule has 0 aliphatic carbocycles. The highest BCUT2D eigenvalue weighted by molar-refractivity contribution is 6.05. The maximum atomic E-state index is 12.9. The molecular weight excluding hydrogens is 761 g/mol. The summed E-state index contributed by atoms with van der Waals surface area (Å²) in [5.74, 6) is 0.416. The van der Waals surface area contributed by atoms with Gasteiger partial charge in [0, 0.05) is 73.4 Å². The largest absolute Gasteiger partial charge is 0.372 e. The number of benzene rings is 2. The highest BCUT2D eigenvalue weighted by Crippen LogP contribution is 2.33. The molecule has 0 bridgehead atoms. The van der Waals surface area contributed by atoms with Gasteiger partial charge in [0.2, 0.25) is 5.91 Å². The lowest BCUT2D eigenvalue weighted by atomic mass is 9.95. The Morgan fingerprint density at radius 2 is 1.75 bits per heavy atom. The summed E-state index contributed by atoms with van der Waals surface area (Å²) in [5.41, 5.74) is 9.12. The molecule has 2 fully saturated rings. The van der Waals surface area contributed by atoms with Gasteiger partial charge in [-0.3, -0.25) is 29.4 Å². The number of hydrogen-bond acceptors (Lipinski definition) is 11. The summed E-state index contributed by atoms with van der Waals surface area (Å²) in [7, 11) is 0. The topological polar surface area (TPSA) is 183 Å². The lowest BCUT2D eigenvalue weighted by molar-refractivity contribution is -0.120. The molecule has 1 atom stereocenters. The number of carbonyl (C=O) groups is 3. The number of anilines is 2. The molecule has 4 amide bonds. The molecule has 16 heteroatoms. The van der Waals surface area contributed by atoms with Crippen LogP contribution in [0.15, 0.2) is 65.4 Å². The standard InChI is InChI=1S/C44H50N12O4/c1-26-20-29(6-11-33(26)27(2)47-40(58)41-50-42(52-60-41)44(3,4)5)38-34-22-35(48-39(34)46-25-45-38)36-21-32-24-53(18-19-56(32)51-36)23-28-12-15-54(16-13-28)30-7-9-31(10-8-30)55-17-14-37(57)49-43(55)59/h6-11,20-22,25,27-28H,12-19,23-24H2,1-5H3,(H,47,58)(H,45,46,48)(H,49,57,59)/t27-/m1/s1. The predicted octanol–water partition coefficient (Wildman–Crippen LogP) is 6.15. The molecule has 0 saturated carbocycles. The van der Waals surface area contributed by atoms with Crippen LogP contribution in [0, 0.1) is 12.8 Å². The Morgan fingerprint density at radius 1 is 0.967 bits per heavy atom. The van der Waals surface area contributed by atoms with E-state index in [9.17, 15) is 14.4 Å². The Hall–Kier alpha value is -6.42. The number of rotatable bonds is 9. The van der Waals surface area contributed by atoms with Crippen LogP contribution >= 0.6 is 0 Å². The van der Waals surface area contributed by atoms with E-state index in [1.807, 2.05) is 58.9 Å². The Balaban J connectivity index is 0.817. The fourth-order valence-corrected chi connectivity index (χ4v) is 8.57. The summed E-state index contributed by atoms with van der Waals surface area (Å²) < 4.78 is 7.38. The minimum absolute atomic E-state index is 0.0504. The molecule has 0 radical (unpaired) electrons. The van der Waals surface area contributed by atoms with Crippen molar-refractivity contribution in [3.63, 3.8) is 0 Å². The summed E-state index contributed by atoms with van der Waals surface area (Å²) in [6, 6.07) is 17.9. The number of imide groups is 1. The van der Waals surface area contributed by atoms with Crippen molar-refractivity contribution in [2.45, 2.75) is 78.4 Å². The van der Waals surface area contributed by atoms with Crippen LogP contribution in [0.3, 0.4) is 0 Å². The van der Waals surface area contributed by atoms with Crippen molar-refractivity contribution >= 4 is 40.3 Å². The number of aromatic amines is 1. The van der Waals surface area contributed by atoms with Crippen molar-refractivity contribution in [3.05, 3.63) is 89.5 Å². The van der Waals surface area contributed by atoms with Crippen molar-refractivity contribution in [1.82, 2.24) is 50.4 Å². The molecule has 2 saturated heterocycles. The van der Waals surface area contributed by atoms with E-state index in [0.29, 0.717) is 24.7 Å². The van der Waals surface area contributed by atoms with Gasteiger partial charge in [0.25, 0.3) is 0 Å². The average Bonchev–Trinajstić information content (AvgIpc) is 4.00. The number of nitrogens with zero attached hydrogens (tertiary/aromatic N) is 9. The fraction of sp³-hybridized carbons (Fsp3) is 0.409. The lowest BCUT2D eigenvalue weighted by Crippen LogP contribution is -2.49. The van der Waals surface area contributed by atoms with Crippen LogP contribution in [0.4, 0.5) is 16.2 Å². The number of fused-ring (bicyclic) bond motifs is 2. The van der Waals surface area contributed by atoms with Crippen LogP contribution in [-0.2, 0) is 23.3 Å². The van der Waals surface area contributed by atoms with Gasteiger partial charge in [0.05, 0.1) is 29.7 Å². The smallest absolute Gasteiger partial charge is 0.328 e. The minimum Gasteiger partial charge on any atom is -0.372 e. The van der Waals surface area contributed by atoms with Crippen molar-refractivity contribution in [1.29, 1.82) is 0 Å². The van der Waals surface area contributed by atoms with Crippen LogP contribution < -0.4 is 20.4 Å². The Labute approximate surface area is 347 Å². The molecule has 16 nitrogen and oxygen atoms in total. The molecule has 7 heterocycles. The molecule has 3 N–H and O–H groups in total. The first kappa shape index (κ1) is 39.1. The van der Waals surface area contributed by atoms with E-state index in [1.165, 1.54) is 5.69 Å². The quantitative estimate of drug-likeness (QED) is 0.152. The molecule has 2 aromatic carbocycles. The zero-order chi connectivity index (χ0) is 41.7. The molecule has 0 spiro atoms. The van der Waals surface area contributed by atoms with E-state index in [1.54, 1.807) is 11.2 Å². The van der Waals surface area contributed by atoms with E-state index in [4.69, 9.17) is 14.6 Å². The van der Waals surface area contributed by atoms with Gasteiger partial charge in [-0.25, -0.2) is 14.8 Å². The van der Waals surface area contributed by atoms with E-state index in [0.717, 1.165) is 108 Å². The predicted molar refractivity (Wildman–Crippen MR) is 226 cm³/mol. The number of hydrogen-bond donors (Lipinski definition) is 3. The first-order valence-electron chi connectivity index (χ1n) is 20.7. The molecule has 3 aliphatic rings. The molecule has 4 aromatic heterocycles. The number of carbonyl (C=O) groups excluding carboxylic acids is 3. The monoisotopic (exact) mass is 810 g/mol. The van der Waals surface area contributed by atoms with Crippen molar-refractivity contribution in [3.8, 4) is 22.6 Å². The van der Waals surface area contributed by atoms with Crippen LogP contribution in [0.2, 0.25) is 0 Å². The second-order valence-corrected chi connectivity index (χ2v) is 17.3. The number of piperidine rings is 1.